The van der Waals surface area contributed by atoms with Crippen LogP contribution >= 0.6 is 11.6 Å². The van der Waals surface area contributed by atoms with Crippen LogP contribution in [-0.4, -0.2) is 19.2 Å². The van der Waals surface area contributed by atoms with Gasteiger partial charge in [0.05, 0.1) is 15.9 Å². The van der Waals surface area contributed by atoms with Crippen molar-refractivity contribution in [2.24, 2.45) is 5.14 Å². The van der Waals surface area contributed by atoms with Crippen molar-refractivity contribution in [2.75, 3.05) is 5.32 Å². The van der Waals surface area contributed by atoms with Crippen molar-refractivity contribution in [1.29, 1.82) is 0 Å². The lowest BCUT2D eigenvalue weighted by atomic mass is 10.1. The smallest absolute Gasteiger partial charge is 0.293 e. The number of nitro groups is 1. The van der Waals surface area contributed by atoms with Gasteiger partial charge in [-0.15, -0.1) is 0 Å². The van der Waals surface area contributed by atoms with Crippen molar-refractivity contribution in [3.8, 4) is 0 Å². The molecule has 3 rings (SSSR count). The van der Waals surface area contributed by atoms with Gasteiger partial charge >= 0.3 is 0 Å². The van der Waals surface area contributed by atoms with Gasteiger partial charge in [-0.25, -0.2) is 13.6 Å². The van der Waals surface area contributed by atoms with Crippen molar-refractivity contribution in [3.63, 3.8) is 0 Å². The number of nitrogens with one attached hydrogen (secondary N) is 2. The lowest BCUT2D eigenvalue weighted by molar-refractivity contribution is -0.384. The van der Waals surface area contributed by atoms with Crippen LogP contribution in [-0.2, 0) is 16.6 Å². The number of nitrogens with two attached hydrogens (primary N) is 1. The molecule has 4 N–H and O–H groups in total. The van der Waals surface area contributed by atoms with Gasteiger partial charge in [0.2, 0.25) is 10.0 Å². The standard InChI is InChI=1S/C22H21ClN4O5S/c1-14(15-6-9-18(10-7-15)33(24,31)32)26-22(28)16-8-11-20(21(12-16)27(29)30)25-13-17-4-2-3-5-19(17)23/h2-12,14,25H,13H2,1H3,(H,26,28)(H2,24,31,32). The van der Waals surface area contributed by atoms with Crippen molar-refractivity contribution >= 4 is 38.9 Å². The molecule has 0 radical (unpaired) electrons. The van der Waals surface area contributed by atoms with Crippen LogP contribution in [0.3, 0.4) is 0 Å². The summed E-state index contributed by atoms with van der Waals surface area (Å²) >= 11 is 6.13. The van der Waals surface area contributed by atoms with Crippen molar-refractivity contribution in [3.05, 3.63) is 98.6 Å². The summed E-state index contributed by atoms with van der Waals surface area (Å²) in [6.45, 7) is 1.98. The first kappa shape index (κ1) is 24.2. The second-order valence-electron chi connectivity index (χ2n) is 7.24. The maximum atomic E-state index is 12.7. The summed E-state index contributed by atoms with van der Waals surface area (Å²) in [5.41, 5.74) is 1.53. The Bertz CT molecular complexity index is 1300. The number of hydrogen-bond acceptors (Lipinski definition) is 6. The molecule has 1 amide bonds. The molecule has 0 fully saturated rings. The minimum atomic E-state index is -3.82. The maximum absolute atomic E-state index is 12.7. The van der Waals surface area contributed by atoms with E-state index in [0.29, 0.717) is 10.6 Å². The molecular formula is C22H21ClN4O5S. The fraction of sp³-hybridized carbons (Fsp3) is 0.136. The highest BCUT2D eigenvalue weighted by Gasteiger charge is 2.19. The molecule has 1 atom stereocenters. The summed E-state index contributed by atoms with van der Waals surface area (Å²) < 4.78 is 22.8. The fourth-order valence-electron chi connectivity index (χ4n) is 3.12. The van der Waals surface area contributed by atoms with Gasteiger partial charge in [0.25, 0.3) is 11.6 Å². The van der Waals surface area contributed by atoms with Crippen molar-refractivity contribution < 1.29 is 18.1 Å². The predicted molar refractivity (Wildman–Crippen MR) is 126 cm³/mol. The molecule has 0 heterocycles. The largest absolute Gasteiger partial charge is 0.375 e. The van der Waals surface area contributed by atoms with Gasteiger partial charge in [0, 0.05) is 23.2 Å². The third-order valence-electron chi connectivity index (χ3n) is 4.94. The van der Waals surface area contributed by atoms with Gasteiger partial charge < -0.3 is 10.6 Å². The number of carbonyl (C=O) groups excluding carboxylic acids is 1. The SMILES string of the molecule is CC(NC(=O)c1ccc(NCc2ccccc2Cl)c([N+](=O)[O-])c1)c1ccc(S(N)(=O)=O)cc1. The molecule has 3 aromatic rings. The number of hydrogen-bond donors (Lipinski definition) is 3. The van der Waals surface area contributed by atoms with Crippen LogP contribution in [0.2, 0.25) is 5.02 Å². The van der Waals surface area contributed by atoms with E-state index < -0.39 is 26.9 Å². The molecule has 0 saturated heterocycles. The Labute approximate surface area is 195 Å². The zero-order valence-corrected chi connectivity index (χ0v) is 19.1. The number of halogens is 1. The second-order valence-corrected chi connectivity index (χ2v) is 9.21. The Morgan fingerprint density at radius 1 is 1.12 bits per heavy atom. The van der Waals surface area contributed by atoms with E-state index in [1.165, 1.54) is 42.5 Å². The quantitative estimate of drug-likeness (QED) is 0.323. The van der Waals surface area contributed by atoms with E-state index in [2.05, 4.69) is 10.6 Å². The minimum Gasteiger partial charge on any atom is -0.375 e. The summed E-state index contributed by atoms with van der Waals surface area (Å²) in [7, 11) is -3.82. The number of anilines is 1. The van der Waals surface area contributed by atoms with Crippen molar-refractivity contribution in [1.82, 2.24) is 5.32 Å². The van der Waals surface area contributed by atoms with E-state index in [4.69, 9.17) is 16.7 Å². The van der Waals surface area contributed by atoms with Crippen LogP contribution in [0.4, 0.5) is 11.4 Å². The van der Waals surface area contributed by atoms with Crippen LogP contribution in [0.25, 0.3) is 0 Å². The Morgan fingerprint density at radius 3 is 2.39 bits per heavy atom. The van der Waals surface area contributed by atoms with Gasteiger partial charge in [0.1, 0.15) is 5.69 Å². The number of rotatable bonds is 8. The zero-order valence-electron chi connectivity index (χ0n) is 17.5. The maximum Gasteiger partial charge on any atom is 0.293 e. The number of nitrogens with zero attached hydrogens (tertiary/aromatic N) is 1. The van der Waals surface area contributed by atoms with E-state index in [0.717, 1.165) is 5.56 Å². The monoisotopic (exact) mass is 488 g/mol. The zero-order chi connectivity index (χ0) is 24.2. The number of nitro benzene ring substituents is 1. The topological polar surface area (TPSA) is 144 Å². The van der Waals surface area contributed by atoms with E-state index in [-0.39, 0.29) is 28.4 Å². The highest BCUT2D eigenvalue weighted by atomic mass is 35.5. The average molecular weight is 489 g/mol. The number of benzene rings is 3. The number of carbonyl (C=O) groups is 1. The molecule has 0 aliphatic heterocycles. The molecule has 33 heavy (non-hydrogen) atoms. The molecule has 0 saturated carbocycles. The van der Waals surface area contributed by atoms with Crippen LogP contribution in [0.5, 0.6) is 0 Å². The number of amides is 1. The molecule has 9 nitrogen and oxygen atoms in total. The molecule has 0 spiro atoms. The summed E-state index contributed by atoms with van der Waals surface area (Å²) in [5, 5.41) is 22.9. The Morgan fingerprint density at radius 2 is 1.79 bits per heavy atom. The first-order valence-corrected chi connectivity index (χ1v) is 11.7. The predicted octanol–water partition coefficient (Wildman–Crippen LogP) is 4.00. The van der Waals surface area contributed by atoms with Gasteiger partial charge in [-0.3, -0.25) is 14.9 Å². The summed E-state index contributed by atoms with van der Waals surface area (Å²) in [6, 6.07) is 16.6. The Kier molecular flexibility index (Phi) is 7.32. The van der Waals surface area contributed by atoms with Gasteiger partial charge in [-0.1, -0.05) is 41.9 Å². The molecular weight excluding hydrogens is 468 g/mol. The first-order chi connectivity index (χ1) is 15.6. The molecule has 0 aromatic heterocycles. The molecule has 0 aliphatic rings. The lowest BCUT2D eigenvalue weighted by Gasteiger charge is -2.15. The molecule has 0 bridgehead atoms. The molecule has 1 unspecified atom stereocenters. The number of sulfonamides is 1. The van der Waals surface area contributed by atoms with E-state index >= 15 is 0 Å². The van der Waals surface area contributed by atoms with E-state index in [1.807, 2.05) is 6.07 Å². The summed E-state index contributed by atoms with van der Waals surface area (Å²) in [6.07, 6.45) is 0. The normalized spacial score (nSPS) is 12.1. The third kappa shape index (κ3) is 6.07. The highest BCUT2D eigenvalue weighted by Crippen LogP contribution is 2.27. The van der Waals surface area contributed by atoms with Gasteiger partial charge in [-0.2, -0.15) is 0 Å². The van der Waals surface area contributed by atoms with Crippen LogP contribution in [0.15, 0.2) is 71.6 Å². The average Bonchev–Trinajstić information content (AvgIpc) is 2.77. The number of primary sulfonamides is 1. The molecule has 3 aromatic carbocycles. The van der Waals surface area contributed by atoms with Crippen LogP contribution in [0.1, 0.15) is 34.5 Å². The van der Waals surface area contributed by atoms with E-state index in [9.17, 15) is 23.3 Å². The van der Waals surface area contributed by atoms with Gasteiger partial charge in [0.15, 0.2) is 0 Å². The van der Waals surface area contributed by atoms with Gasteiger partial charge in [-0.05, 0) is 48.4 Å². The molecule has 0 aliphatic carbocycles. The van der Waals surface area contributed by atoms with E-state index in [1.54, 1.807) is 25.1 Å². The highest BCUT2D eigenvalue weighted by molar-refractivity contribution is 7.89. The van der Waals surface area contributed by atoms with Crippen LogP contribution in [0, 0.1) is 10.1 Å². The molecule has 172 valence electrons. The molecule has 11 heteroatoms. The fourth-order valence-corrected chi connectivity index (χ4v) is 3.83. The second kappa shape index (κ2) is 9.99. The Balaban J connectivity index is 1.74. The Hall–Kier alpha value is -3.47. The summed E-state index contributed by atoms with van der Waals surface area (Å²) in [5.74, 6) is -0.515. The minimum absolute atomic E-state index is 0.0414. The lowest BCUT2D eigenvalue weighted by Crippen LogP contribution is -2.26. The van der Waals surface area contributed by atoms with Crippen molar-refractivity contribution in [2.45, 2.75) is 24.4 Å². The van der Waals surface area contributed by atoms with Crippen LogP contribution < -0.4 is 15.8 Å². The third-order valence-corrected chi connectivity index (χ3v) is 6.24. The first-order valence-electron chi connectivity index (χ1n) is 9.75. The summed E-state index contributed by atoms with van der Waals surface area (Å²) in [4.78, 5) is 23.6.